The van der Waals surface area contributed by atoms with Gasteiger partial charge in [-0.1, -0.05) is 0 Å². The molecule has 0 spiro atoms. The Morgan fingerprint density at radius 1 is 1.38 bits per heavy atom. The number of hydrogen-bond acceptors (Lipinski definition) is 7. The van der Waals surface area contributed by atoms with Crippen molar-refractivity contribution in [2.24, 2.45) is 0 Å². The summed E-state index contributed by atoms with van der Waals surface area (Å²) in [6.07, 6.45) is -0.0533. The SMILES string of the molecule is COCC(CNc1cc(N)nc(N)n1)OC. The lowest BCUT2D eigenvalue weighted by Crippen LogP contribution is -2.27. The summed E-state index contributed by atoms with van der Waals surface area (Å²) in [5, 5.41) is 3.05. The molecule has 0 aliphatic rings. The van der Waals surface area contributed by atoms with E-state index in [-0.39, 0.29) is 12.1 Å². The van der Waals surface area contributed by atoms with Gasteiger partial charge in [-0.15, -0.1) is 0 Å². The number of nitrogens with two attached hydrogens (primary N) is 2. The molecule has 0 aliphatic heterocycles. The largest absolute Gasteiger partial charge is 0.383 e. The number of ether oxygens (including phenoxy) is 2. The molecule has 0 saturated carbocycles. The molecule has 0 amide bonds. The fourth-order valence-electron chi connectivity index (χ4n) is 1.19. The van der Waals surface area contributed by atoms with Crippen molar-refractivity contribution in [1.82, 2.24) is 9.97 Å². The Balaban J connectivity index is 2.52. The van der Waals surface area contributed by atoms with E-state index in [9.17, 15) is 0 Å². The minimum absolute atomic E-state index is 0.0533. The van der Waals surface area contributed by atoms with Gasteiger partial charge in [0, 0.05) is 26.8 Å². The number of rotatable bonds is 6. The Labute approximate surface area is 94.2 Å². The van der Waals surface area contributed by atoms with Crippen LogP contribution < -0.4 is 16.8 Å². The highest BCUT2D eigenvalue weighted by Gasteiger charge is 2.07. The lowest BCUT2D eigenvalue weighted by molar-refractivity contribution is 0.0365. The molecule has 0 aromatic carbocycles. The molecule has 90 valence electrons. The molecular weight excluding hydrogens is 210 g/mol. The van der Waals surface area contributed by atoms with E-state index in [1.165, 1.54) is 0 Å². The number of hydrogen-bond donors (Lipinski definition) is 3. The van der Waals surface area contributed by atoms with Gasteiger partial charge in [-0.05, 0) is 0 Å². The summed E-state index contributed by atoms with van der Waals surface area (Å²) in [6, 6.07) is 1.61. The lowest BCUT2D eigenvalue weighted by atomic mass is 10.3. The van der Waals surface area contributed by atoms with Gasteiger partial charge in [0.1, 0.15) is 11.6 Å². The zero-order valence-corrected chi connectivity index (χ0v) is 9.43. The van der Waals surface area contributed by atoms with Gasteiger partial charge in [0.2, 0.25) is 5.95 Å². The number of aromatic nitrogens is 2. The van der Waals surface area contributed by atoms with Gasteiger partial charge >= 0.3 is 0 Å². The molecular formula is C9H17N5O2. The third-order valence-electron chi connectivity index (χ3n) is 1.96. The summed E-state index contributed by atoms with van der Waals surface area (Å²) >= 11 is 0. The van der Waals surface area contributed by atoms with Crippen LogP contribution in [0, 0.1) is 0 Å². The molecule has 0 bridgehead atoms. The smallest absolute Gasteiger partial charge is 0.223 e. The van der Waals surface area contributed by atoms with Crippen molar-refractivity contribution in [1.29, 1.82) is 0 Å². The normalized spacial score (nSPS) is 12.4. The molecule has 1 aromatic rings. The molecule has 1 aromatic heterocycles. The zero-order chi connectivity index (χ0) is 12.0. The van der Waals surface area contributed by atoms with E-state index in [1.54, 1.807) is 20.3 Å². The van der Waals surface area contributed by atoms with Crippen molar-refractivity contribution in [3.63, 3.8) is 0 Å². The molecule has 5 N–H and O–H groups in total. The van der Waals surface area contributed by atoms with Crippen molar-refractivity contribution >= 4 is 17.6 Å². The first-order valence-electron chi connectivity index (χ1n) is 4.81. The van der Waals surface area contributed by atoms with E-state index < -0.39 is 0 Å². The van der Waals surface area contributed by atoms with Crippen LogP contribution in [0.1, 0.15) is 0 Å². The van der Waals surface area contributed by atoms with Crippen LogP contribution in [0.5, 0.6) is 0 Å². The Hall–Kier alpha value is -1.60. The fraction of sp³-hybridized carbons (Fsp3) is 0.556. The molecule has 0 fully saturated rings. The van der Waals surface area contributed by atoms with Crippen LogP contribution >= 0.6 is 0 Å². The van der Waals surface area contributed by atoms with Crippen LogP contribution in [0.4, 0.5) is 17.6 Å². The van der Waals surface area contributed by atoms with Crippen molar-refractivity contribution < 1.29 is 9.47 Å². The highest BCUT2D eigenvalue weighted by molar-refractivity contribution is 5.48. The van der Waals surface area contributed by atoms with E-state index in [0.29, 0.717) is 24.8 Å². The Morgan fingerprint density at radius 2 is 2.12 bits per heavy atom. The second-order valence-corrected chi connectivity index (χ2v) is 3.23. The monoisotopic (exact) mass is 227 g/mol. The van der Waals surface area contributed by atoms with Crippen molar-refractivity contribution in [2.45, 2.75) is 6.10 Å². The molecule has 7 nitrogen and oxygen atoms in total. The zero-order valence-electron chi connectivity index (χ0n) is 9.43. The molecule has 1 unspecified atom stereocenters. The van der Waals surface area contributed by atoms with Gasteiger partial charge < -0.3 is 26.3 Å². The molecule has 1 rings (SSSR count). The number of nitrogen functional groups attached to an aromatic ring is 2. The van der Waals surface area contributed by atoms with Crippen LogP contribution in [0.3, 0.4) is 0 Å². The van der Waals surface area contributed by atoms with Gasteiger partial charge in [0.25, 0.3) is 0 Å². The van der Waals surface area contributed by atoms with Gasteiger partial charge in [0.05, 0.1) is 12.7 Å². The third-order valence-corrected chi connectivity index (χ3v) is 1.96. The van der Waals surface area contributed by atoms with E-state index in [2.05, 4.69) is 15.3 Å². The van der Waals surface area contributed by atoms with Gasteiger partial charge in [-0.3, -0.25) is 0 Å². The first-order chi connectivity index (χ1) is 7.65. The Bertz CT molecular complexity index is 313. The molecule has 0 radical (unpaired) electrons. The highest BCUT2D eigenvalue weighted by Crippen LogP contribution is 2.09. The van der Waals surface area contributed by atoms with Crippen LogP contribution in [-0.2, 0) is 9.47 Å². The second-order valence-electron chi connectivity index (χ2n) is 3.23. The predicted molar refractivity (Wildman–Crippen MR) is 62.0 cm³/mol. The Kier molecular flexibility index (Phi) is 4.74. The molecule has 0 aliphatic carbocycles. The number of methoxy groups -OCH3 is 2. The fourth-order valence-corrected chi connectivity index (χ4v) is 1.19. The maximum Gasteiger partial charge on any atom is 0.223 e. The van der Waals surface area contributed by atoms with E-state index in [4.69, 9.17) is 20.9 Å². The van der Waals surface area contributed by atoms with Crippen molar-refractivity contribution in [3.05, 3.63) is 6.07 Å². The maximum atomic E-state index is 5.53. The Morgan fingerprint density at radius 3 is 2.69 bits per heavy atom. The number of nitrogens with one attached hydrogen (secondary N) is 1. The highest BCUT2D eigenvalue weighted by atomic mass is 16.5. The van der Waals surface area contributed by atoms with Crippen LogP contribution in [-0.4, -0.2) is 43.4 Å². The molecule has 1 atom stereocenters. The lowest BCUT2D eigenvalue weighted by Gasteiger charge is -2.15. The molecule has 16 heavy (non-hydrogen) atoms. The van der Waals surface area contributed by atoms with Gasteiger partial charge in [0.15, 0.2) is 0 Å². The summed E-state index contributed by atoms with van der Waals surface area (Å²) in [7, 11) is 3.24. The third kappa shape index (κ3) is 3.87. The first-order valence-corrected chi connectivity index (χ1v) is 4.81. The van der Waals surface area contributed by atoms with Gasteiger partial charge in [-0.2, -0.15) is 9.97 Å². The van der Waals surface area contributed by atoms with Crippen LogP contribution in [0.25, 0.3) is 0 Å². The number of nitrogens with zero attached hydrogens (tertiary/aromatic N) is 2. The maximum absolute atomic E-state index is 5.53. The number of anilines is 3. The summed E-state index contributed by atoms with van der Waals surface area (Å²) in [5.41, 5.74) is 11.0. The molecule has 1 heterocycles. The summed E-state index contributed by atoms with van der Waals surface area (Å²) < 4.78 is 10.2. The average molecular weight is 227 g/mol. The van der Waals surface area contributed by atoms with Crippen LogP contribution in [0.15, 0.2) is 6.07 Å². The quantitative estimate of drug-likeness (QED) is 0.613. The second kappa shape index (κ2) is 6.09. The van der Waals surface area contributed by atoms with E-state index in [1.807, 2.05) is 0 Å². The standard InChI is InChI=1S/C9H17N5O2/c1-15-5-6(16-2)4-12-8-3-7(10)13-9(11)14-8/h3,6H,4-5H2,1-2H3,(H5,10,11,12,13,14). The summed E-state index contributed by atoms with van der Waals surface area (Å²) in [5.74, 6) is 1.04. The topological polar surface area (TPSA) is 108 Å². The minimum atomic E-state index is -0.0533. The minimum Gasteiger partial charge on any atom is -0.383 e. The van der Waals surface area contributed by atoms with E-state index >= 15 is 0 Å². The molecule has 0 saturated heterocycles. The van der Waals surface area contributed by atoms with Crippen molar-refractivity contribution in [3.8, 4) is 0 Å². The predicted octanol–water partition coefficient (Wildman–Crippen LogP) is -0.286. The van der Waals surface area contributed by atoms with Crippen LogP contribution in [0.2, 0.25) is 0 Å². The summed E-state index contributed by atoms with van der Waals surface area (Å²) in [4.78, 5) is 7.75. The summed E-state index contributed by atoms with van der Waals surface area (Å²) in [6.45, 7) is 1.06. The first kappa shape index (κ1) is 12.5. The van der Waals surface area contributed by atoms with Gasteiger partial charge in [-0.25, -0.2) is 0 Å². The average Bonchev–Trinajstić information content (AvgIpc) is 2.23. The van der Waals surface area contributed by atoms with Crippen molar-refractivity contribution in [2.75, 3.05) is 44.2 Å². The van der Waals surface area contributed by atoms with E-state index in [0.717, 1.165) is 0 Å². The molecule has 7 heteroatoms.